The molecule has 0 radical (unpaired) electrons. The minimum absolute atomic E-state index is 0.0241. The molecule has 0 fully saturated rings. The first-order valence-electron chi connectivity index (χ1n) is 8.80. The van der Waals surface area contributed by atoms with Crippen LogP contribution in [0.5, 0.6) is 5.75 Å². The van der Waals surface area contributed by atoms with Crippen LogP contribution in [0.4, 0.5) is 5.69 Å². The van der Waals surface area contributed by atoms with E-state index < -0.39 is 0 Å². The number of hydrogen-bond acceptors (Lipinski definition) is 5. The van der Waals surface area contributed by atoms with Gasteiger partial charge in [-0.2, -0.15) is 0 Å². The lowest BCUT2D eigenvalue weighted by molar-refractivity contribution is -0.123. The molecule has 0 saturated heterocycles. The lowest BCUT2D eigenvalue weighted by atomic mass is 10.0. The molecule has 27 heavy (non-hydrogen) atoms. The molecule has 0 bridgehead atoms. The van der Waals surface area contributed by atoms with Crippen molar-refractivity contribution in [2.75, 3.05) is 18.5 Å². The second kappa shape index (κ2) is 7.45. The zero-order valence-corrected chi connectivity index (χ0v) is 14.6. The number of ether oxygens (including phenoxy) is 1. The summed E-state index contributed by atoms with van der Waals surface area (Å²) in [5, 5.41) is 13.9. The Kier molecular flexibility index (Phi) is 4.69. The van der Waals surface area contributed by atoms with Crippen molar-refractivity contribution in [1.29, 1.82) is 0 Å². The van der Waals surface area contributed by atoms with Crippen molar-refractivity contribution in [1.82, 2.24) is 19.9 Å². The van der Waals surface area contributed by atoms with Crippen molar-refractivity contribution in [3.63, 3.8) is 0 Å². The van der Waals surface area contributed by atoms with Crippen LogP contribution in [0.15, 0.2) is 42.6 Å². The third-order valence-corrected chi connectivity index (χ3v) is 4.40. The maximum Gasteiger partial charge on any atom is 0.257 e. The minimum atomic E-state index is -0.199. The third-order valence-electron chi connectivity index (χ3n) is 4.40. The Balaban J connectivity index is 1.26. The van der Waals surface area contributed by atoms with Crippen LogP contribution in [0.25, 0.3) is 5.65 Å². The second-order valence-electron chi connectivity index (χ2n) is 6.30. The molecule has 8 heteroatoms. The quantitative estimate of drug-likeness (QED) is 0.687. The van der Waals surface area contributed by atoms with Gasteiger partial charge in [-0.3, -0.25) is 14.0 Å². The summed E-state index contributed by atoms with van der Waals surface area (Å²) in [5.41, 5.74) is 2.61. The highest BCUT2D eigenvalue weighted by Crippen LogP contribution is 2.26. The summed E-state index contributed by atoms with van der Waals surface area (Å²) in [5.74, 6) is 1.23. The largest absolute Gasteiger partial charge is 0.484 e. The maximum absolute atomic E-state index is 12.0. The van der Waals surface area contributed by atoms with Crippen LogP contribution in [0.1, 0.15) is 17.8 Å². The highest BCUT2D eigenvalue weighted by atomic mass is 16.5. The predicted molar refractivity (Wildman–Crippen MR) is 98.6 cm³/mol. The molecule has 1 aliphatic heterocycles. The smallest absolute Gasteiger partial charge is 0.257 e. The van der Waals surface area contributed by atoms with Gasteiger partial charge in [-0.25, -0.2) is 0 Å². The maximum atomic E-state index is 12.0. The van der Waals surface area contributed by atoms with Crippen LogP contribution in [0, 0.1) is 0 Å². The van der Waals surface area contributed by atoms with E-state index in [1.807, 2.05) is 34.9 Å². The van der Waals surface area contributed by atoms with Gasteiger partial charge in [-0.05, 0) is 42.3 Å². The molecule has 0 spiro atoms. The lowest BCUT2D eigenvalue weighted by Gasteiger charge is -2.17. The Labute approximate surface area is 155 Å². The first-order valence-corrected chi connectivity index (χ1v) is 8.80. The first-order chi connectivity index (χ1) is 13.2. The zero-order chi connectivity index (χ0) is 18.6. The molecule has 2 aromatic heterocycles. The van der Waals surface area contributed by atoms with Gasteiger partial charge in [0.15, 0.2) is 12.3 Å². The number of carbonyl (C=O) groups is 2. The number of anilines is 1. The average Bonchev–Trinajstić information content (AvgIpc) is 3.09. The minimum Gasteiger partial charge on any atom is -0.484 e. The molecule has 0 aliphatic carbocycles. The molecule has 3 aromatic rings. The number of rotatable bonds is 6. The Morgan fingerprint density at radius 3 is 3.07 bits per heavy atom. The molecule has 0 atom stereocenters. The number of benzene rings is 1. The summed E-state index contributed by atoms with van der Waals surface area (Å²) in [6.45, 7) is 0.389. The summed E-state index contributed by atoms with van der Waals surface area (Å²) in [6.07, 6.45) is 3.62. The van der Waals surface area contributed by atoms with Crippen molar-refractivity contribution in [2.45, 2.75) is 19.3 Å². The topological polar surface area (TPSA) is 97.6 Å². The summed E-state index contributed by atoms with van der Waals surface area (Å²) in [6, 6.07) is 11.1. The molecule has 1 aromatic carbocycles. The fourth-order valence-corrected chi connectivity index (χ4v) is 3.02. The van der Waals surface area contributed by atoms with E-state index in [-0.39, 0.29) is 18.4 Å². The highest BCUT2D eigenvalue weighted by Gasteiger charge is 2.15. The number of fused-ring (bicyclic) bond motifs is 2. The Bertz CT molecular complexity index is 998. The van der Waals surface area contributed by atoms with Crippen molar-refractivity contribution in [3.05, 3.63) is 54.0 Å². The average molecular weight is 365 g/mol. The van der Waals surface area contributed by atoms with Crippen molar-refractivity contribution in [2.24, 2.45) is 0 Å². The lowest BCUT2D eigenvalue weighted by Crippen LogP contribution is -2.31. The number of aromatic nitrogens is 3. The van der Waals surface area contributed by atoms with Gasteiger partial charge < -0.3 is 15.4 Å². The van der Waals surface area contributed by atoms with Gasteiger partial charge in [0.25, 0.3) is 5.91 Å². The number of nitrogens with one attached hydrogen (secondary N) is 2. The summed E-state index contributed by atoms with van der Waals surface area (Å²) < 4.78 is 7.46. The van der Waals surface area contributed by atoms with E-state index >= 15 is 0 Å². The van der Waals surface area contributed by atoms with Gasteiger partial charge in [-0.15, -0.1) is 10.2 Å². The number of aryl methyl sites for hydroxylation is 1. The van der Waals surface area contributed by atoms with Crippen LogP contribution in [0.2, 0.25) is 0 Å². The molecule has 0 saturated carbocycles. The normalized spacial score (nSPS) is 13.1. The number of nitrogens with zero attached hydrogens (tertiary/aromatic N) is 3. The van der Waals surface area contributed by atoms with Gasteiger partial charge in [0.05, 0.1) is 0 Å². The van der Waals surface area contributed by atoms with E-state index in [0.29, 0.717) is 31.6 Å². The van der Waals surface area contributed by atoms with E-state index in [9.17, 15) is 9.59 Å². The van der Waals surface area contributed by atoms with Crippen LogP contribution in [0.3, 0.4) is 0 Å². The summed E-state index contributed by atoms with van der Waals surface area (Å²) in [7, 11) is 0. The Hall–Kier alpha value is -3.42. The number of amides is 2. The van der Waals surface area contributed by atoms with Crippen LogP contribution >= 0.6 is 0 Å². The number of pyridine rings is 1. The van der Waals surface area contributed by atoms with Gasteiger partial charge in [0, 0.05) is 31.3 Å². The second-order valence-corrected chi connectivity index (χ2v) is 6.30. The molecule has 138 valence electrons. The van der Waals surface area contributed by atoms with Gasteiger partial charge >= 0.3 is 0 Å². The van der Waals surface area contributed by atoms with Crippen LogP contribution < -0.4 is 15.4 Å². The summed E-state index contributed by atoms with van der Waals surface area (Å²) >= 11 is 0. The number of carbonyl (C=O) groups excluding carboxylic acids is 2. The van der Waals surface area contributed by atoms with Gasteiger partial charge in [0.1, 0.15) is 11.6 Å². The molecule has 3 heterocycles. The SMILES string of the molecule is O=C(COc1ccc2c(c1)CCC(=O)N2)NCCc1nnc2ccccn12. The van der Waals surface area contributed by atoms with E-state index in [2.05, 4.69) is 20.8 Å². The Morgan fingerprint density at radius 1 is 1.22 bits per heavy atom. The first kappa shape index (κ1) is 17.0. The van der Waals surface area contributed by atoms with Crippen molar-refractivity contribution in [3.8, 4) is 5.75 Å². The van der Waals surface area contributed by atoms with E-state index in [4.69, 9.17) is 4.74 Å². The molecular formula is C19H19N5O3. The monoisotopic (exact) mass is 365 g/mol. The van der Waals surface area contributed by atoms with E-state index in [1.54, 1.807) is 12.1 Å². The van der Waals surface area contributed by atoms with E-state index in [1.165, 1.54) is 0 Å². The fourth-order valence-electron chi connectivity index (χ4n) is 3.02. The van der Waals surface area contributed by atoms with Crippen LogP contribution in [-0.4, -0.2) is 39.6 Å². The van der Waals surface area contributed by atoms with Crippen LogP contribution in [-0.2, 0) is 22.4 Å². The molecule has 0 unspecified atom stereocenters. The van der Waals surface area contributed by atoms with Gasteiger partial charge in [0.2, 0.25) is 5.91 Å². The molecule has 8 nitrogen and oxygen atoms in total. The fraction of sp³-hybridized carbons (Fsp3) is 0.263. The summed E-state index contributed by atoms with van der Waals surface area (Å²) in [4.78, 5) is 23.4. The predicted octanol–water partition coefficient (Wildman–Crippen LogP) is 1.35. The molecule has 4 rings (SSSR count). The molecule has 2 N–H and O–H groups in total. The third kappa shape index (κ3) is 3.89. The van der Waals surface area contributed by atoms with Crippen molar-refractivity contribution >= 4 is 23.1 Å². The Morgan fingerprint density at radius 2 is 2.15 bits per heavy atom. The standard InChI is InChI=1S/C19H19N5O3/c25-18-7-4-13-11-14(5-6-15(13)21-18)27-12-19(26)20-9-8-17-23-22-16-3-1-2-10-24(16)17/h1-3,5-6,10-11H,4,7-9,12H2,(H,20,26)(H,21,25). The molecule has 1 aliphatic rings. The van der Waals surface area contributed by atoms with E-state index in [0.717, 1.165) is 22.7 Å². The number of hydrogen-bond donors (Lipinski definition) is 2. The molecule has 2 amide bonds. The zero-order valence-electron chi connectivity index (χ0n) is 14.6. The highest BCUT2D eigenvalue weighted by molar-refractivity contribution is 5.94. The molecular weight excluding hydrogens is 346 g/mol. The van der Waals surface area contributed by atoms with Gasteiger partial charge in [-0.1, -0.05) is 6.07 Å². The van der Waals surface area contributed by atoms with Crippen molar-refractivity contribution < 1.29 is 14.3 Å².